The summed E-state index contributed by atoms with van der Waals surface area (Å²) in [6.07, 6.45) is 4.58. The quantitative estimate of drug-likeness (QED) is 0.722. The third-order valence-electron chi connectivity index (χ3n) is 2.11. The van der Waals surface area contributed by atoms with Gasteiger partial charge in [0.05, 0.1) is 6.54 Å². The molecule has 1 rings (SSSR count). The minimum Gasteiger partial charge on any atom is -0.330 e. The highest BCUT2D eigenvalue weighted by Gasteiger charge is 2.03. The minimum absolute atomic E-state index is 0.742. The minimum atomic E-state index is 0.742. The molecule has 14 heavy (non-hydrogen) atoms. The van der Waals surface area contributed by atoms with Crippen LogP contribution in [0.5, 0.6) is 0 Å². The van der Waals surface area contributed by atoms with Crippen LogP contribution in [0, 0.1) is 0 Å². The maximum atomic E-state index is 5.47. The van der Waals surface area contributed by atoms with Crippen molar-refractivity contribution in [2.24, 2.45) is 5.73 Å². The van der Waals surface area contributed by atoms with Gasteiger partial charge in [-0.3, -0.25) is 4.90 Å². The standard InChI is InChI=1S/C10H18N4/c1-2-14(8-3-5-11)9-10-12-6-4-7-13-10/h4,6-7H,2-3,5,8-9,11H2,1H3. The molecule has 0 unspecified atom stereocenters. The Morgan fingerprint density at radius 1 is 1.36 bits per heavy atom. The molecule has 0 aromatic carbocycles. The predicted octanol–water partition coefficient (Wildman–Crippen LogP) is 0.647. The molecule has 0 amide bonds. The van der Waals surface area contributed by atoms with Crippen molar-refractivity contribution in [2.75, 3.05) is 19.6 Å². The fourth-order valence-electron chi connectivity index (χ4n) is 1.28. The zero-order valence-corrected chi connectivity index (χ0v) is 8.69. The van der Waals surface area contributed by atoms with Crippen LogP contribution in [0.25, 0.3) is 0 Å². The van der Waals surface area contributed by atoms with E-state index in [2.05, 4.69) is 21.8 Å². The third-order valence-corrected chi connectivity index (χ3v) is 2.11. The summed E-state index contributed by atoms with van der Waals surface area (Å²) in [5, 5.41) is 0. The molecule has 0 aliphatic heterocycles. The van der Waals surface area contributed by atoms with E-state index in [1.807, 2.05) is 6.07 Å². The van der Waals surface area contributed by atoms with Crippen molar-refractivity contribution in [1.82, 2.24) is 14.9 Å². The van der Waals surface area contributed by atoms with Crippen LogP contribution in [0.15, 0.2) is 18.5 Å². The van der Waals surface area contributed by atoms with Gasteiger partial charge in [0.25, 0.3) is 0 Å². The summed E-state index contributed by atoms with van der Waals surface area (Å²) in [5.41, 5.74) is 5.47. The molecule has 2 N–H and O–H groups in total. The maximum absolute atomic E-state index is 5.47. The zero-order chi connectivity index (χ0) is 10.2. The highest BCUT2D eigenvalue weighted by atomic mass is 15.1. The van der Waals surface area contributed by atoms with Gasteiger partial charge in [-0.05, 0) is 32.1 Å². The van der Waals surface area contributed by atoms with Crippen LogP contribution in [0.3, 0.4) is 0 Å². The van der Waals surface area contributed by atoms with Crippen LogP contribution >= 0.6 is 0 Å². The van der Waals surface area contributed by atoms with Crippen molar-refractivity contribution in [3.05, 3.63) is 24.3 Å². The largest absolute Gasteiger partial charge is 0.330 e. The normalized spacial score (nSPS) is 10.8. The molecule has 0 aliphatic carbocycles. The molecule has 4 nitrogen and oxygen atoms in total. The van der Waals surface area contributed by atoms with E-state index in [1.165, 1.54) is 0 Å². The molecule has 0 bridgehead atoms. The van der Waals surface area contributed by atoms with E-state index in [0.29, 0.717) is 0 Å². The first-order valence-electron chi connectivity index (χ1n) is 5.05. The SMILES string of the molecule is CCN(CCCN)Cc1ncccn1. The van der Waals surface area contributed by atoms with E-state index < -0.39 is 0 Å². The van der Waals surface area contributed by atoms with Gasteiger partial charge in [0, 0.05) is 12.4 Å². The van der Waals surface area contributed by atoms with E-state index in [0.717, 1.165) is 38.4 Å². The Labute approximate surface area is 85.2 Å². The first kappa shape index (κ1) is 11.1. The van der Waals surface area contributed by atoms with Crippen molar-refractivity contribution in [3.63, 3.8) is 0 Å². The van der Waals surface area contributed by atoms with Crippen molar-refractivity contribution >= 4 is 0 Å². The molecule has 1 aromatic rings. The van der Waals surface area contributed by atoms with E-state index in [1.54, 1.807) is 12.4 Å². The molecule has 78 valence electrons. The van der Waals surface area contributed by atoms with Crippen LogP contribution < -0.4 is 5.73 Å². The fourth-order valence-corrected chi connectivity index (χ4v) is 1.28. The van der Waals surface area contributed by atoms with Crippen molar-refractivity contribution in [3.8, 4) is 0 Å². The van der Waals surface area contributed by atoms with Gasteiger partial charge in [0.2, 0.25) is 0 Å². The van der Waals surface area contributed by atoms with Crippen LogP contribution in [-0.2, 0) is 6.54 Å². The molecule has 0 atom stereocenters. The second-order valence-corrected chi connectivity index (χ2v) is 3.18. The van der Waals surface area contributed by atoms with Crippen LogP contribution in [0.1, 0.15) is 19.2 Å². The predicted molar refractivity (Wildman–Crippen MR) is 56.7 cm³/mol. The lowest BCUT2D eigenvalue weighted by molar-refractivity contribution is 0.271. The van der Waals surface area contributed by atoms with Gasteiger partial charge in [-0.25, -0.2) is 9.97 Å². The Hall–Kier alpha value is -1.00. The Balaban J connectivity index is 2.40. The van der Waals surface area contributed by atoms with Crippen LogP contribution in [-0.4, -0.2) is 34.5 Å². The molecule has 0 saturated carbocycles. The average molecular weight is 194 g/mol. The highest BCUT2D eigenvalue weighted by Crippen LogP contribution is 1.98. The molecule has 4 heteroatoms. The summed E-state index contributed by atoms with van der Waals surface area (Å²) in [5.74, 6) is 0.881. The lowest BCUT2D eigenvalue weighted by Crippen LogP contribution is -2.26. The Kier molecular flexibility index (Phi) is 5.11. The Morgan fingerprint density at radius 2 is 2.07 bits per heavy atom. The molecule has 0 saturated heterocycles. The summed E-state index contributed by atoms with van der Waals surface area (Å²) in [4.78, 5) is 10.7. The molecule has 0 radical (unpaired) electrons. The number of nitrogens with zero attached hydrogens (tertiary/aromatic N) is 3. The third kappa shape index (κ3) is 3.81. The van der Waals surface area contributed by atoms with E-state index in [9.17, 15) is 0 Å². The van der Waals surface area contributed by atoms with Crippen LogP contribution in [0.2, 0.25) is 0 Å². The van der Waals surface area contributed by atoms with Crippen molar-refractivity contribution in [1.29, 1.82) is 0 Å². The summed E-state index contributed by atoms with van der Waals surface area (Å²) in [6.45, 7) is 5.73. The highest BCUT2D eigenvalue weighted by molar-refractivity contribution is 4.88. The summed E-state index contributed by atoms with van der Waals surface area (Å²) in [7, 11) is 0. The van der Waals surface area contributed by atoms with E-state index in [4.69, 9.17) is 5.73 Å². The van der Waals surface area contributed by atoms with Crippen LogP contribution in [0.4, 0.5) is 0 Å². The molecule has 0 aliphatic rings. The number of hydrogen-bond acceptors (Lipinski definition) is 4. The molecule has 1 heterocycles. The van der Waals surface area contributed by atoms with Gasteiger partial charge in [0.15, 0.2) is 0 Å². The Morgan fingerprint density at radius 3 is 2.64 bits per heavy atom. The monoisotopic (exact) mass is 194 g/mol. The summed E-state index contributed by atoms with van der Waals surface area (Å²) in [6, 6.07) is 1.83. The summed E-state index contributed by atoms with van der Waals surface area (Å²) < 4.78 is 0. The van der Waals surface area contributed by atoms with Gasteiger partial charge in [-0.1, -0.05) is 6.92 Å². The number of nitrogens with two attached hydrogens (primary N) is 1. The second-order valence-electron chi connectivity index (χ2n) is 3.18. The zero-order valence-electron chi connectivity index (χ0n) is 8.69. The number of rotatable bonds is 6. The smallest absolute Gasteiger partial charge is 0.142 e. The lowest BCUT2D eigenvalue weighted by atomic mass is 10.3. The molecular formula is C10H18N4. The van der Waals surface area contributed by atoms with Crippen molar-refractivity contribution < 1.29 is 0 Å². The van der Waals surface area contributed by atoms with Crippen molar-refractivity contribution in [2.45, 2.75) is 19.9 Å². The molecule has 1 aromatic heterocycles. The molecule has 0 spiro atoms. The average Bonchev–Trinajstić information content (AvgIpc) is 2.25. The lowest BCUT2D eigenvalue weighted by Gasteiger charge is -2.18. The summed E-state index contributed by atoms with van der Waals surface area (Å²) >= 11 is 0. The maximum Gasteiger partial charge on any atom is 0.142 e. The van der Waals surface area contributed by atoms with Gasteiger partial charge in [0.1, 0.15) is 5.82 Å². The number of hydrogen-bond donors (Lipinski definition) is 1. The Bertz CT molecular complexity index is 237. The van der Waals surface area contributed by atoms with E-state index >= 15 is 0 Å². The van der Waals surface area contributed by atoms with Gasteiger partial charge in [-0.15, -0.1) is 0 Å². The van der Waals surface area contributed by atoms with Gasteiger partial charge in [-0.2, -0.15) is 0 Å². The topological polar surface area (TPSA) is 55.0 Å². The van der Waals surface area contributed by atoms with E-state index in [-0.39, 0.29) is 0 Å². The first-order chi connectivity index (χ1) is 6.86. The molecular weight excluding hydrogens is 176 g/mol. The first-order valence-corrected chi connectivity index (χ1v) is 5.05. The second kappa shape index (κ2) is 6.45. The fraction of sp³-hybridized carbons (Fsp3) is 0.600. The molecule has 0 fully saturated rings. The van der Waals surface area contributed by atoms with Gasteiger partial charge < -0.3 is 5.73 Å². The number of aromatic nitrogens is 2. The van der Waals surface area contributed by atoms with Gasteiger partial charge >= 0.3 is 0 Å².